The number of aliphatic hydroxyl groups is 1. The van der Waals surface area contributed by atoms with Crippen molar-refractivity contribution in [2.45, 2.75) is 19.4 Å². The third-order valence-corrected chi connectivity index (χ3v) is 2.37. The van der Waals surface area contributed by atoms with E-state index in [1.54, 1.807) is 6.20 Å². The predicted molar refractivity (Wildman–Crippen MR) is 56.7 cm³/mol. The van der Waals surface area contributed by atoms with Crippen LogP contribution in [0.5, 0.6) is 0 Å². The van der Waals surface area contributed by atoms with E-state index >= 15 is 0 Å². The molecule has 3 nitrogen and oxygen atoms in total. The summed E-state index contributed by atoms with van der Waals surface area (Å²) in [6, 6.07) is 3.76. The van der Waals surface area contributed by atoms with Crippen LogP contribution in [0.1, 0.15) is 13.3 Å². The molecule has 1 rings (SSSR count). The number of rotatable bonds is 4. The minimum Gasteiger partial charge on any atom is -0.391 e. The van der Waals surface area contributed by atoms with Gasteiger partial charge in [0.15, 0.2) is 0 Å². The van der Waals surface area contributed by atoms with Crippen LogP contribution >= 0.6 is 15.9 Å². The second-order valence-electron chi connectivity index (χ2n) is 2.78. The zero-order valence-corrected chi connectivity index (χ0v) is 9.08. The van der Waals surface area contributed by atoms with Crippen molar-refractivity contribution in [1.29, 1.82) is 0 Å². The Balaban J connectivity index is 2.50. The number of aliphatic hydroxyl groups excluding tert-OH is 1. The molecule has 4 heteroatoms. The number of nitrogens with zero attached hydrogens (tertiary/aromatic N) is 1. The van der Waals surface area contributed by atoms with E-state index in [0.717, 1.165) is 16.7 Å². The van der Waals surface area contributed by atoms with Crippen molar-refractivity contribution < 1.29 is 5.11 Å². The highest BCUT2D eigenvalue weighted by Crippen LogP contribution is 2.17. The maximum atomic E-state index is 9.30. The zero-order valence-electron chi connectivity index (χ0n) is 7.50. The molecule has 1 unspecified atom stereocenters. The summed E-state index contributed by atoms with van der Waals surface area (Å²) in [6.45, 7) is 2.48. The summed E-state index contributed by atoms with van der Waals surface area (Å²) in [4.78, 5) is 4.12. The molecule has 0 aromatic carbocycles. The highest BCUT2D eigenvalue weighted by Gasteiger charge is 2.02. The third kappa shape index (κ3) is 3.32. The fraction of sp³-hybridized carbons (Fsp3) is 0.444. The minimum atomic E-state index is -0.311. The van der Waals surface area contributed by atoms with E-state index in [2.05, 4.69) is 26.2 Å². The summed E-state index contributed by atoms with van der Waals surface area (Å²) < 4.78 is 0.915. The lowest BCUT2D eigenvalue weighted by Crippen LogP contribution is -2.18. The number of anilines is 1. The molecular weight excluding hydrogens is 232 g/mol. The number of hydrogen-bond acceptors (Lipinski definition) is 3. The van der Waals surface area contributed by atoms with Gasteiger partial charge < -0.3 is 10.4 Å². The Kier molecular flexibility index (Phi) is 4.18. The third-order valence-electron chi connectivity index (χ3n) is 1.73. The average molecular weight is 245 g/mol. The lowest BCUT2D eigenvalue weighted by molar-refractivity contribution is 0.183. The van der Waals surface area contributed by atoms with Crippen LogP contribution in [0.15, 0.2) is 22.8 Å². The normalized spacial score (nSPS) is 12.5. The number of nitrogens with one attached hydrogen (secondary N) is 1. The molecule has 1 heterocycles. The molecule has 0 aliphatic rings. The minimum absolute atomic E-state index is 0.311. The lowest BCUT2D eigenvalue weighted by Gasteiger charge is -2.10. The Hall–Kier alpha value is -0.610. The lowest BCUT2D eigenvalue weighted by atomic mass is 10.3. The van der Waals surface area contributed by atoms with Crippen LogP contribution in [-0.2, 0) is 0 Å². The van der Waals surface area contributed by atoms with Crippen molar-refractivity contribution >= 4 is 21.7 Å². The van der Waals surface area contributed by atoms with Crippen molar-refractivity contribution in [3.05, 3.63) is 22.8 Å². The molecule has 0 radical (unpaired) electrons. The SMILES string of the molecule is CCC(O)CNc1ncccc1Br. The van der Waals surface area contributed by atoms with Gasteiger partial charge in [-0.05, 0) is 34.5 Å². The first-order valence-electron chi connectivity index (χ1n) is 4.26. The average Bonchev–Trinajstić information content (AvgIpc) is 2.16. The largest absolute Gasteiger partial charge is 0.391 e. The summed E-state index contributed by atoms with van der Waals surface area (Å²) in [5.74, 6) is 0.773. The number of halogens is 1. The fourth-order valence-corrected chi connectivity index (χ4v) is 1.27. The number of aromatic nitrogens is 1. The molecule has 72 valence electrons. The monoisotopic (exact) mass is 244 g/mol. The molecule has 0 saturated carbocycles. The summed E-state index contributed by atoms with van der Waals surface area (Å²) in [5.41, 5.74) is 0. The van der Waals surface area contributed by atoms with Crippen LogP contribution < -0.4 is 5.32 Å². The van der Waals surface area contributed by atoms with E-state index in [4.69, 9.17) is 0 Å². The highest BCUT2D eigenvalue weighted by molar-refractivity contribution is 9.10. The van der Waals surface area contributed by atoms with Gasteiger partial charge in [-0.15, -0.1) is 0 Å². The van der Waals surface area contributed by atoms with Gasteiger partial charge >= 0.3 is 0 Å². The van der Waals surface area contributed by atoms with Gasteiger partial charge in [-0.3, -0.25) is 0 Å². The van der Waals surface area contributed by atoms with E-state index < -0.39 is 0 Å². The van der Waals surface area contributed by atoms with Crippen LogP contribution in [-0.4, -0.2) is 22.7 Å². The van der Waals surface area contributed by atoms with Gasteiger partial charge in [-0.25, -0.2) is 4.98 Å². The van der Waals surface area contributed by atoms with Crippen LogP contribution in [0.3, 0.4) is 0 Å². The topological polar surface area (TPSA) is 45.1 Å². The molecule has 2 N–H and O–H groups in total. The molecular formula is C9H13BrN2O. The molecule has 0 aliphatic heterocycles. The van der Waals surface area contributed by atoms with Crippen LogP contribution in [0.4, 0.5) is 5.82 Å². The Morgan fingerprint density at radius 3 is 3.08 bits per heavy atom. The Morgan fingerprint density at radius 2 is 2.46 bits per heavy atom. The van der Waals surface area contributed by atoms with Gasteiger partial charge in [0.25, 0.3) is 0 Å². The predicted octanol–water partition coefficient (Wildman–Crippen LogP) is 2.03. The first-order valence-corrected chi connectivity index (χ1v) is 5.05. The van der Waals surface area contributed by atoms with E-state index in [1.165, 1.54) is 0 Å². The molecule has 0 amide bonds. The number of hydrogen-bond donors (Lipinski definition) is 2. The summed E-state index contributed by atoms with van der Waals surface area (Å²) >= 11 is 3.36. The van der Waals surface area contributed by atoms with Crippen molar-refractivity contribution in [3.63, 3.8) is 0 Å². The van der Waals surface area contributed by atoms with E-state index in [-0.39, 0.29) is 6.10 Å². The molecule has 1 atom stereocenters. The van der Waals surface area contributed by atoms with Crippen LogP contribution in [0, 0.1) is 0 Å². The first-order chi connectivity index (χ1) is 6.24. The van der Waals surface area contributed by atoms with Crippen molar-refractivity contribution in [2.75, 3.05) is 11.9 Å². The first kappa shape index (κ1) is 10.5. The number of pyridine rings is 1. The van der Waals surface area contributed by atoms with Crippen molar-refractivity contribution in [1.82, 2.24) is 4.98 Å². The van der Waals surface area contributed by atoms with Crippen molar-refractivity contribution in [2.24, 2.45) is 0 Å². The summed E-state index contributed by atoms with van der Waals surface area (Å²) in [5, 5.41) is 12.4. The molecule has 1 aromatic heterocycles. The maximum absolute atomic E-state index is 9.30. The quantitative estimate of drug-likeness (QED) is 0.853. The van der Waals surface area contributed by atoms with Gasteiger partial charge in [0, 0.05) is 12.7 Å². The summed E-state index contributed by atoms with van der Waals surface area (Å²) in [7, 11) is 0. The van der Waals surface area contributed by atoms with Gasteiger partial charge in [-0.1, -0.05) is 6.92 Å². The van der Waals surface area contributed by atoms with Crippen LogP contribution in [0.25, 0.3) is 0 Å². The Bertz CT molecular complexity index is 268. The van der Waals surface area contributed by atoms with Gasteiger partial charge in [0.2, 0.25) is 0 Å². The second kappa shape index (κ2) is 5.19. The molecule has 0 bridgehead atoms. The standard InChI is InChI=1S/C9H13BrN2O/c1-2-7(13)6-12-9-8(10)4-3-5-11-9/h3-5,7,13H,2,6H2,1H3,(H,11,12). The van der Waals surface area contributed by atoms with E-state index in [0.29, 0.717) is 6.54 Å². The van der Waals surface area contributed by atoms with Crippen molar-refractivity contribution in [3.8, 4) is 0 Å². The molecule has 0 spiro atoms. The van der Waals surface area contributed by atoms with E-state index in [9.17, 15) is 5.11 Å². The van der Waals surface area contributed by atoms with Gasteiger partial charge in [-0.2, -0.15) is 0 Å². The zero-order chi connectivity index (χ0) is 9.68. The summed E-state index contributed by atoms with van der Waals surface area (Å²) in [6.07, 6.45) is 2.15. The fourth-order valence-electron chi connectivity index (χ4n) is 0.875. The van der Waals surface area contributed by atoms with Gasteiger partial charge in [0.05, 0.1) is 10.6 Å². The highest BCUT2D eigenvalue weighted by atomic mass is 79.9. The Morgan fingerprint density at radius 1 is 1.69 bits per heavy atom. The molecule has 13 heavy (non-hydrogen) atoms. The maximum Gasteiger partial charge on any atom is 0.140 e. The molecule has 0 aliphatic carbocycles. The van der Waals surface area contributed by atoms with E-state index in [1.807, 2.05) is 19.1 Å². The molecule has 1 aromatic rings. The second-order valence-corrected chi connectivity index (χ2v) is 3.63. The Labute approximate surface area is 86.3 Å². The van der Waals surface area contributed by atoms with Gasteiger partial charge in [0.1, 0.15) is 5.82 Å². The molecule has 0 fully saturated rings. The van der Waals surface area contributed by atoms with Crippen LogP contribution in [0.2, 0.25) is 0 Å². The smallest absolute Gasteiger partial charge is 0.140 e. The molecule has 0 saturated heterocycles.